The Morgan fingerprint density at radius 2 is 2.44 bits per heavy atom. The molecule has 2 aromatic rings. The molecule has 7 heteroatoms. The second-order valence-corrected chi connectivity index (χ2v) is 2.97. The van der Waals surface area contributed by atoms with Gasteiger partial charge < -0.3 is 19.4 Å². The van der Waals surface area contributed by atoms with Crippen molar-refractivity contribution in [3.05, 3.63) is 35.9 Å². The molecule has 0 aromatic carbocycles. The van der Waals surface area contributed by atoms with Gasteiger partial charge in [-0.15, -0.1) is 0 Å². The number of carbonyl (C=O) groups excluding carboxylic acids is 1. The number of hydrogen-bond donors (Lipinski definition) is 1. The van der Waals surface area contributed by atoms with Gasteiger partial charge in [-0.1, -0.05) is 5.16 Å². The highest BCUT2D eigenvalue weighted by Crippen LogP contribution is 2.07. The Morgan fingerprint density at radius 3 is 3.12 bits per heavy atom. The molecule has 0 atom stereocenters. The lowest BCUT2D eigenvalue weighted by atomic mass is 10.3. The zero-order chi connectivity index (χ0) is 11.4. The number of aromatic nitrogens is 2. The molecule has 0 aliphatic rings. The number of amides is 1. The van der Waals surface area contributed by atoms with Gasteiger partial charge in [0, 0.05) is 0 Å². The van der Waals surface area contributed by atoms with Crippen LogP contribution in [0.3, 0.4) is 0 Å². The zero-order valence-electron chi connectivity index (χ0n) is 8.25. The first-order valence-electron chi connectivity index (χ1n) is 4.50. The molecular weight excluding hydrogens is 214 g/mol. The van der Waals surface area contributed by atoms with Gasteiger partial charge in [0.2, 0.25) is 0 Å². The maximum absolute atomic E-state index is 10.3. The van der Waals surface area contributed by atoms with Gasteiger partial charge in [-0.3, -0.25) is 0 Å². The molecule has 16 heavy (non-hydrogen) atoms. The number of primary amides is 1. The van der Waals surface area contributed by atoms with Gasteiger partial charge in [-0.25, -0.2) is 4.79 Å². The van der Waals surface area contributed by atoms with E-state index in [0.717, 1.165) is 5.76 Å². The molecule has 2 aromatic heterocycles. The Bertz CT molecular complexity index is 463. The maximum Gasteiger partial charge on any atom is 0.405 e. The number of carbonyl (C=O) groups is 1. The quantitative estimate of drug-likeness (QED) is 0.823. The molecule has 1 amide bonds. The molecule has 7 nitrogen and oxygen atoms in total. The summed E-state index contributed by atoms with van der Waals surface area (Å²) in [4.78, 5) is 14.3. The van der Waals surface area contributed by atoms with Crippen LogP contribution in [-0.4, -0.2) is 16.2 Å². The van der Waals surface area contributed by atoms with E-state index in [1.54, 1.807) is 18.4 Å². The molecule has 0 aliphatic heterocycles. The summed E-state index contributed by atoms with van der Waals surface area (Å²) in [5.74, 6) is 1.38. The van der Waals surface area contributed by atoms with Crippen LogP contribution in [0.1, 0.15) is 17.5 Å². The Balaban J connectivity index is 1.94. The number of nitrogens with zero attached hydrogens (tertiary/aromatic N) is 2. The van der Waals surface area contributed by atoms with Gasteiger partial charge in [0.15, 0.2) is 12.4 Å². The Labute approximate surface area is 90.2 Å². The fraction of sp³-hybridized carbons (Fsp3) is 0.222. The minimum absolute atomic E-state index is 0.125. The summed E-state index contributed by atoms with van der Waals surface area (Å²) in [6.07, 6.45) is 1.10. The third kappa shape index (κ3) is 2.59. The maximum atomic E-state index is 10.3. The van der Waals surface area contributed by atoms with Gasteiger partial charge >= 0.3 is 6.09 Å². The molecule has 2 rings (SSSR count). The summed E-state index contributed by atoms with van der Waals surface area (Å²) in [6.45, 7) is -0.125. The van der Waals surface area contributed by atoms with Crippen molar-refractivity contribution >= 4 is 6.09 Å². The number of furan rings is 1. The number of hydrogen-bond acceptors (Lipinski definition) is 6. The summed E-state index contributed by atoms with van der Waals surface area (Å²) >= 11 is 0. The first-order valence-corrected chi connectivity index (χ1v) is 4.50. The topological polar surface area (TPSA) is 104 Å². The number of nitrogens with two attached hydrogens (primary N) is 1. The molecule has 0 saturated heterocycles. The van der Waals surface area contributed by atoms with Crippen LogP contribution in [0.2, 0.25) is 0 Å². The van der Waals surface area contributed by atoms with Crippen molar-refractivity contribution in [1.29, 1.82) is 0 Å². The van der Waals surface area contributed by atoms with Crippen molar-refractivity contribution in [3.63, 3.8) is 0 Å². The second kappa shape index (κ2) is 4.47. The molecule has 84 valence electrons. The lowest BCUT2D eigenvalue weighted by Crippen LogP contribution is -2.12. The van der Waals surface area contributed by atoms with Crippen molar-refractivity contribution in [2.75, 3.05) is 0 Å². The van der Waals surface area contributed by atoms with Crippen LogP contribution in [0, 0.1) is 0 Å². The predicted molar refractivity (Wildman–Crippen MR) is 50.2 cm³/mol. The Hall–Kier alpha value is -2.31. The zero-order valence-corrected chi connectivity index (χ0v) is 8.25. The van der Waals surface area contributed by atoms with Crippen molar-refractivity contribution in [3.8, 4) is 0 Å². The van der Waals surface area contributed by atoms with Crippen molar-refractivity contribution in [2.24, 2.45) is 5.73 Å². The van der Waals surface area contributed by atoms with Crippen LogP contribution in [0.4, 0.5) is 4.79 Å². The van der Waals surface area contributed by atoms with Crippen LogP contribution < -0.4 is 5.73 Å². The van der Waals surface area contributed by atoms with Gasteiger partial charge in [0.1, 0.15) is 5.76 Å². The van der Waals surface area contributed by atoms with E-state index < -0.39 is 6.09 Å². The standard InChI is InChI=1S/C9H9N3O4/c10-9(13)15-5-8-11-7(12-16-8)4-6-2-1-3-14-6/h1-3H,4-5H2,(H2,10,13). The monoisotopic (exact) mass is 223 g/mol. The van der Waals surface area contributed by atoms with E-state index >= 15 is 0 Å². The molecule has 0 fully saturated rings. The van der Waals surface area contributed by atoms with Crippen molar-refractivity contribution in [2.45, 2.75) is 13.0 Å². The van der Waals surface area contributed by atoms with Crippen LogP contribution >= 0.6 is 0 Å². The number of rotatable bonds is 4. The third-order valence-corrected chi connectivity index (χ3v) is 1.76. The summed E-state index contributed by atoms with van der Waals surface area (Å²) in [5, 5.41) is 3.69. The van der Waals surface area contributed by atoms with Gasteiger partial charge in [0.05, 0.1) is 12.7 Å². The van der Waals surface area contributed by atoms with E-state index in [1.165, 1.54) is 0 Å². The van der Waals surface area contributed by atoms with Crippen molar-refractivity contribution in [1.82, 2.24) is 10.1 Å². The molecular formula is C9H9N3O4. The summed E-state index contributed by atoms with van der Waals surface area (Å²) in [6, 6.07) is 3.57. The molecule has 0 spiro atoms. The van der Waals surface area contributed by atoms with Crippen LogP contribution in [0.5, 0.6) is 0 Å². The molecule has 2 N–H and O–H groups in total. The molecule has 0 radical (unpaired) electrons. The van der Waals surface area contributed by atoms with E-state index in [9.17, 15) is 4.79 Å². The summed E-state index contributed by atoms with van der Waals surface area (Å²) < 4.78 is 14.4. The highest BCUT2D eigenvalue weighted by molar-refractivity contribution is 5.64. The molecule has 0 bridgehead atoms. The predicted octanol–water partition coefficient (Wildman–Crippen LogP) is 0.849. The van der Waals surface area contributed by atoms with Gasteiger partial charge in [0.25, 0.3) is 5.89 Å². The van der Waals surface area contributed by atoms with Crippen molar-refractivity contribution < 1.29 is 18.5 Å². The fourth-order valence-electron chi connectivity index (χ4n) is 1.12. The van der Waals surface area contributed by atoms with Crippen LogP contribution in [0.25, 0.3) is 0 Å². The molecule has 2 heterocycles. The van der Waals surface area contributed by atoms with E-state index in [1.807, 2.05) is 0 Å². The normalized spacial score (nSPS) is 10.2. The third-order valence-electron chi connectivity index (χ3n) is 1.76. The smallest absolute Gasteiger partial charge is 0.405 e. The second-order valence-electron chi connectivity index (χ2n) is 2.97. The minimum Gasteiger partial charge on any atom is -0.469 e. The van der Waals surface area contributed by atoms with E-state index in [-0.39, 0.29) is 12.5 Å². The summed E-state index contributed by atoms with van der Waals surface area (Å²) in [7, 11) is 0. The average Bonchev–Trinajstić information content (AvgIpc) is 2.87. The van der Waals surface area contributed by atoms with Gasteiger partial charge in [-0.2, -0.15) is 4.98 Å². The highest BCUT2D eigenvalue weighted by Gasteiger charge is 2.09. The number of ether oxygens (including phenoxy) is 1. The minimum atomic E-state index is -0.884. The van der Waals surface area contributed by atoms with E-state index in [0.29, 0.717) is 12.2 Å². The molecule has 0 saturated carbocycles. The highest BCUT2D eigenvalue weighted by atomic mass is 16.6. The lowest BCUT2D eigenvalue weighted by molar-refractivity contribution is 0.135. The summed E-state index contributed by atoms with van der Waals surface area (Å²) in [5.41, 5.74) is 4.79. The van der Waals surface area contributed by atoms with Gasteiger partial charge in [-0.05, 0) is 12.1 Å². The van der Waals surface area contributed by atoms with Crippen LogP contribution in [-0.2, 0) is 17.8 Å². The van der Waals surface area contributed by atoms with Crippen LogP contribution in [0.15, 0.2) is 27.3 Å². The Kier molecular flexibility index (Phi) is 2.86. The average molecular weight is 223 g/mol. The molecule has 0 aliphatic carbocycles. The Morgan fingerprint density at radius 1 is 1.56 bits per heavy atom. The fourth-order valence-corrected chi connectivity index (χ4v) is 1.12. The van der Waals surface area contributed by atoms with E-state index in [4.69, 9.17) is 14.7 Å². The lowest BCUT2D eigenvalue weighted by Gasteiger charge is -1.93. The molecule has 0 unspecified atom stereocenters. The largest absolute Gasteiger partial charge is 0.469 e. The van der Waals surface area contributed by atoms with E-state index in [2.05, 4.69) is 14.9 Å². The SMILES string of the molecule is NC(=O)OCc1nc(Cc2ccco2)no1. The first kappa shape index (κ1) is 10.2. The first-order chi connectivity index (χ1) is 7.74.